The van der Waals surface area contributed by atoms with Crippen molar-refractivity contribution in [3.63, 3.8) is 0 Å². The van der Waals surface area contributed by atoms with Gasteiger partial charge in [0, 0.05) is 5.69 Å². The molecule has 0 heterocycles. The maximum Gasteiger partial charge on any atom is 0.139 e. The quantitative estimate of drug-likeness (QED) is 0.790. The number of hydrogen-bond donors (Lipinski definition) is 1. The van der Waals surface area contributed by atoms with Crippen LogP contribution in [0, 0.1) is 0 Å². The molecule has 0 radical (unpaired) electrons. The molecule has 2 aromatic rings. The number of carbonyl (C=O) groups excluding carboxylic acids is 1. The molecule has 0 aromatic heterocycles. The first-order chi connectivity index (χ1) is 8.88. The van der Waals surface area contributed by atoms with Crippen molar-refractivity contribution in [2.24, 2.45) is 0 Å². The predicted octanol–water partition coefficient (Wildman–Crippen LogP) is 2.88. The summed E-state index contributed by atoms with van der Waals surface area (Å²) < 4.78 is 5.65. The first kappa shape index (κ1) is 12.2. The highest BCUT2D eigenvalue weighted by Gasteiger charge is 1.96. The first-order valence-electron chi connectivity index (χ1n) is 5.83. The van der Waals surface area contributed by atoms with Crippen LogP contribution in [0.25, 0.3) is 0 Å². The maximum atomic E-state index is 10.2. The average Bonchev–Trinajstić information content (AvgIpc) is 2.45. The number of aldehydes is 1. The van der Waals surface area contributed by atoms with Crippen molar-refractivity contribution in [3.05, 3.63) is 60.2 Å². The van der Waals surface area contributed by atoms with Gasteiger partial charge in [0.05, 0.1) is 6.54 Å². The molecule has 0 aliphatic carbocycles. The molecule has 0 unspecified atom stereocenters. The molecule has 2 aromatic carbocycles. The van der Waals surface area contributed by atoms with Gasteiger partial charge in [-0.25, -0.2) is 0 Å². The topological polar surface area (TPSA) is 38.3 Å². The Kier molecular flexibility index (Phi) is 4.36. The van der Waals surface area contributed by atoms with Crippen LogP contribution in [-0.2, 0) is 11.4 Å². The van der Waals surface area contributed by atoms with Crippen LogP contribution in [0.1, 0.15) is 5.56 Å². The number of nitrogens with one attached hydrogen (secondary N) is 1. The van der Waals surface area contributed by atoms with Crippen LogP contribution in [0.3, 0.4) is 0 Å². The Morgan fingerprint density at radius 2 is 1.72 bits per heavy atom. The first-order valence-corrected chi connectivity index (χ1v) is 5.83. The second kappa shape index (κ2) is 6.45. The standard InChI is InChI=1S/C15H15NO2/c17-11-10-16-14-6-8-15(9-7-14)18-12-13-4-2-1-3-5-13/h1-9,11,16H,10,12H2. The van der Waals surface area contributed by atoms with Gasteiger partial charge in [-0.2, -0.15) is 0 Å². The van der Waals surface area contributed by atoms with Crippen molar-refractivity contribution in [3.8, 4) is 5.75 Å². The lowest BCUT2D eigenvalue weighted by molar-refractivity contribution is -0.106. The Balaban J connectivity index is 1.88. The van der Waals surface area contributed by atoms with Gasteiger partial charge in [0.15, 0.2) is 0 Å². The molecule has 18 heavy (non-hydrogen) atoms. The SMILES string of the molecule is O=CCNc1ccc(OCc2ccccc2)cc1. The van der Waals surface area contributed by atoms with E-state index in [1.165, 1.54) is 0 Å². The summed E-state index contributed by atoms with van der Waals surface area (Å²) in [6.45, 7) is 0.881. The van der Waals surface area contributed by atoms with Crippen LogP contribution in [0.4, 0.5) is 5.69 Å². The Morgan fingerprint density at radius 3 is 2.39 bits per heavy atom. The fourth-order valence-electron chi connectivity index (χ4n) is 1.57. The van der Waals surface area contributed by atoms with E-state index in [4.69, 9.17) is 4.74 Å². The van der Waals surface area contributed by atoms with Crippen molar-refractivity contribution >= 4 is 12.0 Å². The molecule has 92 valence electrons. The van der Waals surface area contributed by atoms with E-state index in [-0.39, 0.29) is 0 Å². The van der Waals surface area contributed by atoms with Gasteiger partial charge in [0.2, 0.25) is 0 Å². The summed E-state index contributed by atoms with van der Waals surface area (Å²) in [6, 6.07) is 17.6. The third-order valence-corrected chi connectivity index (χ3v) is 2.49. The highest BCUT2D eigenvalue weighted by atomic mass is 16.5. The average molecular weight is 241 g/mol. The third-order valence-electron chi connectivity index (χ3n) is 2.49. The predicted molar refractivity (Wildman–Crippen MR) is 71.8 cm³/mol. The number of ether oxygens (including phenoxy) is 1. The molecule has 0 atom stereocenters. The molecule has 0 bridgehead atoms. The van der Waals surface area contributed by atoms with Gasteiger partial charge in [-0.3, -0.25) is 0 Å². The monoisotopic (exact) mass is 241 g/mol. The fourth-order valence-corrected chi connectivity index (χ4v) is 1.57. The Bertz CT molecular complexity index is 480. The normalized spacial score (nSPS) is 9.78. The smallest absolute Gasteiger partial charge is 0.139 e. The van der Waals surface area contributed by atoms with E-state index >= 15 is 0 Å². The Morgan fingerprint density at radius 1 is 1.00 bits per heavy atom. The molecule has 1 N–H and O–H groups in total. The summed E-state index contributed by atoms with van der Waals surface area (Å²) in [5.74, 6) is 0.815. The molecule has 0 amide bonds. The highest BCUT2D eigenvalue weighted by Crippen LogP contribution is 2.16. The molecule has 2 rings (SSSR count). The molecule has 0 aliphatic heterocycles. The van der Waals surface area contributed by atoms with Crippen LogP contribution < -0.4 is 10.1 Å². The minimum absolute atomic E-state index is 0.324. The van der Waals surface area contributed by atoms with Crippen molar-refractivity contribution in [1.82, 2.24) is 0 Å². The van der Waals surface area contributed by atoms with Crippen LogP contribution in [0.15, 0.2) is 54.6 Å². The number of anilines is 1. The van der Waals surface area contributed by atoms with E-state index in [2.05, 4.69) is 5.32 Å². The summed E-state index contributed by atoms with van der Waals surface area (Å²) in [6.07, 6.45) is 0.833. The van der Waals surface area contributed by atoms with Crippen LogP contribution in [0.5, 0.6) is 5.75 Å². The van der Waals surface area contributed by atoms with Gasteiger partial charge in [-0.1, -0.05) is 30.3 Å². The van der Waals surface area contributed by atoms with E-state index in [9.17, 15) is 4.79 Å². The number of rotatable bonds is 6. The number of carbonyl (C=O) groups is 1. The summed E-state index contributed by atoms with van der Waals surface area (Å²) >= 11 is 0. The number of benzene rings is 2. The van der Waals surface area contributed by atoms with Crippen molar-refractivity contribution in [2.45, 2.75) is 6.61 Å². The van der Waals surface area contributed by atoms with Gasteiger partial charge in [-0.15, -0.1) is 0 Å². The van der Waals surface area contributed by atoms with Gasteiger partial charge in [-0.05, 0) is 29.8 Å². The second-order valence-corrected chi connectivity index (χ2v) is 3.85. The van der Waals surface area contributed by atoms with Gasteiger partial charge in [0.1, 0.15) is 18.6 Å². The van der Waals surface area contributed by atoms with E-state index in [0.717, 1.165) is 23.3 Å². The molecule has 0 saturated carbocycles. The lowest BCUT2D eigenvalue weighted by atomic mass is 10.2. The Hall–Kier alpha value is -2.29. The third kappa shape index (κ3) is 3.63. The van der Waals surface area contributed by atoms with E-state index in [0.29, 0.717) is 13.2 Å². The summed E-state index contributed by atoms with van der Waals surface area (Å²) in [5, 5.41) is 2.97. The fraction of sp³-hybridized carbons (Fsp3) is 0.133. The minimum Gasteiger partial charge on any atom is -0.489 e. The van der Waals surface area contributed by atoms with Gasteiger partial charge in [0.25, 0.3) is 0 Å². The molecule has 0 saturated heterocycles. The molecule has 0 aliphatic rings. The summed E-state index contributed by atoms with van der Waals surface area (Å²) in [4.78, 5) is 10.2. The van der Waals surface area contributed by atoms with Gasteiger partial charge >= 0.3 is 0 Å². The zero-order chi connectivity index (χ0) is 12.6. The largest absolute Gasteiger partial charge is 0.489 e. The zero-order valence-corrected chi connectivity index (χ0v) is 10.0. The second-order valence-electron chi connectivity index (χ2n) is 3.85. The van der Waals surface area contributed by atoms with Crippen LogP contribution in [-0.4, -0.2) is 12.8 Å². The van der Waals surface area contributed by atoms with Crippen LogP contribution >= 0.6 is 0 Å². The van der Waals surface area contributed by atoms with E-state index in [1.54, 1.807) is 0 Å². The molecule has 3 nitrogen and oxygen atoms in total. The minimum atomic E-state index is 0.324. The van der Waals surface area contributed by atoms with Crippen molar-refractivity contribution < 1.29 is 9.53 Å². The van der Waals surface area contributed by atoms with E-state index < -0.39 is 0 Å². The zero-order valence-electron chi connectivity index (χ0n) is 10.0. The van der Waals surface area contributed by atoms with Gasteiger partial charge < -0.3 is 14.8 Å². The molecular formula is C15H15NO2. The maximum absolute atomic E-state index is 10.2. The van der Waals surface area contributed by atoms with Crippen molar-refractivity contribution in [2.75, 3.05) is 11.9 Å². The lowest BCUT2D eigenvalue weighted by Crippen LogP contribution is -2.01. The lowest BCUT2D eigenvalue weighted by Gasteiger charge is -2.07. The summed E-state index contributed by atoms with van der Waals surface area (Å²) in [5.41, 5.74) is 2.05. The molecule has 0 fully saturated rings. The summed E-state index contributed by atoms with van der Waals surface area (Å²) in [7, 11) is 0. The molecular weight excluding hydrogens is 226 g/mol. The van der Waals surface area contributed by atoms with Crippen molar-refractivity contribution in [1.29, 1.82) is 0 Å². The van der Waals surface area contributed by atoms with E-state index in [1.807, 2.05) is 54.6 Å². The Labute approximate surface area is 106 Å². The molecule has 0 spiro atoms. The molecule has 3 heteroatoms. The number of hydrogen-bond acceptors (Lipinski definition) is 3. The highest BCUT2D eigenvalue weighted by molar-refractivity contribution is 5.59. The van der Waals surface area contributed by atoms with Crippen LogP contribution in [0.2, 0.25) is 0 Å².